The average molecular weight is 180 g/mol. The fraction of sp³-hybridized carbons (Fsp3) is 0. The number of nitrogens with zero attached hydrogens (tertiary/aromatic N) is 1. The van der Waals surface area contributed by atoms with Gasteiger partial charge in [0.15, 0.2) is 11.6 Å². The summed E-state index contributed by atoms with van der Waals surface area (Å²) in [5.41, 5.74) is 6.30. The number of hydrogen-bond donors (Lipinski definition) is 1. The Morgan fingerprint density at radius 1 is 1.15 bits per heavy atom. The number of halogens is 2. The maximum atomic E-state index is 12.8. The van der Waals surface area contributed by atoms with Crippen molar-refractivity contribution in [1.29, 1.82) is 0 Å². The van der Waals surface area contributed by atoms with Crippen LogP contribution < -0.4 is 5.73 Å². The van der Waals surface area contributed by atoms with E-state index in [1.807, 2.05) is 0 Å². The third-order valence-corrected chi connectivity index (χ3v) is 1.82. The number of fused-ring (bicyclic) bond motifs is 1. The Balaban J connectivity index is 2.89. The predicted octanol–water partition coefficient (Wildman–Crippen LogP) is 2.10. The van der Waals surface area contributed by atoms with Gasteiger partial charge in [-0.2, -0.15) is 0 Å². The van der Waals surface area contributed by atoms with Gasteiger partial charge in [-0.1, -0.05) is 0 Å². The molecule has 0 spiro atoms. The molecule has 0 saturated heterocycles. The van der Waals surface area contributed by atoms with Crippen molar-refractivity contribution in [3.05, 3.63) is 36.0 Å². The molecular formula is C9H6F2N2. The van der Waals surface area contributed by atoms with Crippen LogP contribution in [-0.4, -0.2) is 4.98 Å². The molecule has 2 rings (SSSR count). The second kappa shape index (κ2) is 2.65. The minimum absolute atomic E-state index is 0.360. The number of nitrogen functional groups attached to an aromatic ring is 1. The van der Waals surface area contributed by atoms with Crippen molar-refractivity contribution >= 4 is 16.6 Å². The first-order valence-electron chi connectivity index (χ1n) is 3.68. The van der Waals surface area contributed by atoms with Gasteiger partial charge >= 0.3 is 0 Å². The summed E-state index contributed by atoms with van der Waals surface area (Å²) in [6.45, 7) is 0. The Kier molecular flexibility index (Phi) is 1.62. The van der Waals surface area contributed by atoms with Crippen molar-refractivity contribution in [3.8, 4) is 0 Å². The molecule has 0 atom stereocenters. The number of benzene rings is 1. The van der Waals surface area contributed by atoms with Crippen LogP contribution in [0.5, 0.6) is 0 Å². The summed E-state index contributed by atoms with van der Waals surface area (Å²) in [4.78, 5) is 3.86. The van der Waals surface area contributed by atoms with Gasteiger partial charge in [-0.3, -0.25) is 4.98 Å². The number of hydrogen-bond acceptors (Lipinski definition) is 2. The quantitative estimate of drug-likeness (QED) is 0.674. The van der Waals surface area contributed by atoms with E-state index in [9.17, 15) is 8.78 Å². The van der Waals surface area contributed by atoms with E-state index in [0.717, 1.165) is 12.1 Å². The van der Waals surface area contributed by atoms with Gasteiger partial charge in [-0.25, -0.2) is 8.78 Å². The molecule has 66 valence electrons. The highest BCUT2D eigenvalue weighted by Crippen LogP contribution is 2.21. The first-order valence-corrected chi connectivity index (χ1v) is 3.68. The fourth-order valence-electron chi connectivity index (χ4n) is 1.16. The lowest BCUT2D eigenvalue weighted by atomic mass is 10.2. The van der Waals surface area contributed by atoms with Gasteiger partial charge in [-0.15, -0.1) is 0 Å². The van der Waals surface area contributed by atoms with Crippen molar-refractivity contribution in [1.82, 2.24) is 4.98 Å². The van der Waals surface area contributed by atoms with Crippen LogP contribution in [0.1, 0.15) is 0 Å². The molecule has 1 heterocycles. The summed E-state index contributed by atoms with van der Waals surface area (Å²) in [5, 5.41) is 0.432. The van der Waals surface area contributed by atoms with Crippen LogP contribution in [-0.2, 0) is 0 Å². The highest BCUT2D eigenvalue weighted by molar-refractivity contribution is 5.89. The molecule has 2 nitrogen and oxygen atoms in total. The molecule has 0 fully saturated rings. The fourth-order valence-corrected chi connectivity index (χ4v) is 1.16. The molecule has 2 N–H and O–H groups in total. The smallest absolute Gasteiger partial charge is 0.161 e. The topological polar surface area (TPSA) is 38.9 Å². The zero-order valence-corrected chi connectivity index (χ0v) is 6.59. The van der Waals surface area contributed by atoms with Crippen molar-refractivity contribution in [2.24, 2.45) is 0 Å². The molecule has 1 aromatic carbocycles. The summed E-state index contributed by atoms with van der Waals surface area (Å²) in [6, 6.07) is 3.62. The van der Waals surface area contributed by atoms with Gasteiger partial charge in [-0.05, 0) is 12.1 Å². The molecule has 13 heavy (non-hydrogen) atoms. The van der Waals surface area contributed by atoms with Gasteiger partial charge in [0, 0.05) is 23.3 Å². The van der Waals surface area contributed by atoms with Crippen molar-refractivity contribution in [2.45, 2.75) is 0 Å². The lowest BCUT2D eigenvalue weighted by Crippen LogP contribution is -1.91. The predicted molar refractivity (Wildman–Crippen MR) is 46.1 cm³/mol. The zero-order chi connectivity index (χ0) is 9.42. The largest absolute Gasteiger partial charge is 0.398 e. The Morgan fingerprint density at radius 2 is 1.85 bits per heavy atom. The summed E-state index contributed by atoms with van der Waals surface area (Å²) in [7, 11) is 0. The van der Waals surface area contributed by atoms with Crippen LogP contribution in [0.25, 0.3) is 10.9 Å². The minimum Gasteiger partial charge on any atom is -0.398 e. The van der Waals surface area contributed by atoms with Gasteiger partial charge in [0.2, 0.25) is 0 Å². The van der Waals surface area contributed by atoms with Crippen LogP contribution in [0.3, 0.4) is 0 Å². The van der Waals surface area contributed by atoms with Gasteiger partial charge < -0.3 is 5.73 Å². The Labute approximate surface area is 73.0 Å². The first-order chi connectivity index (χ1) is 6.18. The van der Waals surface area contributed by atoms with Crippen LogP contribution in [0, 0.1) is 11.6 Å². The summed E-state index contributed by atoms with van der Waals surface area (Å²) in [5.74, 6) is -1.82. The van der Waals surface area contributed by atoms with Crippen molar-refractivity contribution < 1.29 is 8.78 Å². The number of aromatic nitrogens is 1. The van der Waals surface area contributed by atoms with Gasteiger partial charge in [0.05, 0.1) is 5.52 Å². The average Bonchev–Trinajstić information content (AvgIpc) is 2.09. The standard InChI is InChI=1S/C9H6F2N2/c10-6-3-5-8(12)1-2-13-9(5)4-7(6)11/h1-4H,(H2,12,13). The molecule has 0 bridgehead atoms. The van der Waals surface area contributed by atoms with Gasteiger partial charge in [0.25, 0.3) is 0 Å². The van der Waals surface area contributed by atoms with Crippen molar-refractivity contribution in [3.63, 3.8) is 0 Å². The minimum atomic E-state index is -0.911. The molecule has 0 amide bonds. The second-order valence-corrected chi connectivity index (χ2v) is 2.68. The lowest BCUT2D eigenvalue weighted by Gasteiger charge is -2.00. The SMILES string of the molecule is Nc1ccnc2cc(F)c(F)cc12. The summed E-state index contributed by atoms with van der Waals surface area (Å²) < 4.78 is 25.5. The Hall–Kier alpha value is -1.71. The van der Waals surface area contributed by atoms with Gasteiger partial charge in [0.1, 0.15) is 0 Å². The van der Waals surface area contributed by atoms with Crippen LogP contribution in [0.15, 0.2) is 24.4 Å². The number of rotatable bonds is 0. The molecule has 0 aliphatic rings. The molecular weight excluding hydrogens is 174 g/mol. The Morgan fingerprint density at radius 3 is 2.62 bits per heavy atom. The third kappa shape index (κ3) is 1.20. The highest BCUT2D eigenvalue weighted by Gasteiger charge is 2.05. The molecule has 0 aliphatic heterocycles. The summed E-state index contributed by atoms with van der Waals surface area (Å²) >= 11 is 0. The van der Waals surface area contributed by atoms with E-state index in [2.05, 4.69) is 4.98 Å². The number of nitrogens with two attached hydrogens (primary N) is 1. The number of anilines is 1. The molecule has 0 radical (unpaired) electrons. The molecule has 0 saturated carbocycles. The van der Waals surface area contributed by atoms with E-state index in [0.29, 0.717) is 16.6 Å². The summed E-state index contributed by atoms with van der Waals surface area (Å²) in [6.07, 6.45) is 1.45. The normalized spacial score (nSPS) is 10.6. The van der Waals surface area contributed by atoms with E-state index in [4.69, 9.17) is 5.73 Å². The molecule has 0 unspecified atom stereocenters. The molecule has 4 heteroatoms. The molecule has 1 aromatic heterocycles. The molecule has 0 aliphatic carbocycles. The molecule has 2 aromatic rings. The monoisotopic (exact) mass is 180 g/mol. The van der Waals surface area contributed by atoms with E-state index < -0.39 is 11.6 Å². The maximum absolute atomic E-state index is 12.8. The van der Waals surface area contributed by atoms with E-state index in [1.165, 1.54) is 6.20 Å². The first kappa shape index (κ1) is 7.91. The van der Waals surface area contributed by atoms with E-state index in [-0.39, 0.29) is 0 Å². The Bertz CT molecular complexity index is 468. The van der Waals surface area contributed by atoms with E-state index in [1.54, 1.807) is 6.07 Å². The zero-order valence-electron chi connectivity index (χ0n) is 6.59. The lowest BCUT2D eigenvalue weighted by molar-refractivity contribution is 0.510. The third-order valence-electron chi connectivity index (χ3n) is 1.82. The maximum Gasteiger partial charge on any atom is 0.161 e. The van der Waals surface area contributed by atoms with Crippen molar-refractivity contribution in [2.75, 3.05) is 5.73 Å². The van der Waals surface area contributed by atoms with E-state index >= 15 is 0 Å². The second-order valence-electron chi connectivity index (χ2n) is 2.68. The van der Waals surface area contributed by atoms with Crippen LogP contribution in [0.4, 0.5) is 14.5 Å². The van der Waals surface area contributed by atoms with Crippen LogP contribution in [0.2, 0.25) is 0 Å². The van der Waals surface area contributed by atoms with Crippen LogP contribution >= 0.6 is 0 Å². The number of pyridine rings is 1. The highest BCUT2D eigenvalue weighted by atomic mass is 19.2.